The van der Waals surface area contributed by atoms with Crippen molar-refractivity contribution in [2.75, 3.05) is 12.8 Å². The Hall–Kier alpha value is -2.92. The molecule has 0 bridgehead atoms. The van der Waals surface area contributed by atoms with E-state index in [0.717, 1.165) is 24.7 Å². The summed E-state index contributed by atoms with van der Waals surface area (Å²) < 4.78 is 29.2. The van der Waals surface area contributed by atoms with Crippen LogP contribution in [0, 0.1) is 6.92 Å². The molecule has 1 fully saturated rings. The molecule has 0 spiro atoms. The van der Waals surface area contributed by atoms with Crippen molar-refractivity contribution in [3.05, 3.63) is 87.2 Å². The third-order valence-corrected chi connectivity index (χ3v) is 9.09. The molecule has 0 radical (unpaired) electrons. The molecule has 2 heterocycles. The lowest BCUT2D eigenvalue weighted by molar-refractivity contribution is -0.124. The van der Waals surface area contributed by atoms with Crippen LogP contribution in [-0.4, -0.2) is 59.8 Å². The number of hydrogen-bond donors (Lipinski definition) is 2. The number of hydrogen-bond acceptors (Lipinski definition) is 5. The van der Waals surface area contributed by atoms with E-state index in [-0.39, 0.29) is 11.8 Å². The van der Waals surface area contributed by atoms with E-state index in [1.54, 1.807) is 52.2 Å². The number of fused-ring (bicyclic) bond motifs is 1. The zero-order valence-corrected chi connectivity index (χ0v) is 25.2. The Labute approximate surface area is 250 Å². The van der Waals surface area contributed by atoms with Crippen LogP contribution in [0.15, 0.2) is 54.9 Å². The Morgan fingerprint density at radius 1 is 1.10 bits per heavy atom. The topological polar surface area (TPSA) is 113 Å². The Morgan fingerprint density at radius 3 is 2.56 bits per heavy atom. The second-order valence-electron chi connectivity index (χ2n) is 10.8. The van der Waals surface area contributed by atoms with Crippen LogP contribution >= 0.6 is 23.2 Å². The van der Waals surface area contributed by atoms with Gasteiger partial charge < -0.3 is 10.2 Å². The molecule has 1 aliphatic carbocycles. The second kappa shape index (κ2) is 12.1. The Morgan fingerprint density at radius 2 is 1.85 bits per heavy atom. The summed E-state index contributed by atoms with van der Waals surface area (Å²) in [4.78, 5) is 30.1. The van der Waals surface area contributed by atoms with Gasteiger partial charge in [0, 0.05) is 40.4 Å². The molecular weight excluding hydrogens is 585 g/mol. The molecule has 9 nitrogen and oxygen atoms in total. The minimum Gasteiger partial charge on any atom is -0.354 e. The van der Waals surface area contributed by atoms with Gasteiger partial charge in [-0.25, -0.2) is 13.1 Å². The van der Waals surface area contributed by atoms with Crippen LogP contribution in [0.1, 0.15) is 64.7 Å². The normalized spacial score (nSPS) is 22.8. The maximum absolute atomic E-state index is 14.3. The van der Waals surface area contributed by atoms with Crippen molar-refractivity contribution in [1.29, 1.82) is 0 Å². The number of carbonyl (C=O) groups is 2. The molecule has 0 saturated heterocycles. The van der Waals surface area contributed by atoms with Crippen molar-refractivity contribution >= 4 is 45.0 Å². The average Bonchev–Trinajstić information content (AvgIpc) is 3.33. The van der Waals surface area contributed by atoms with Gasteiger partial charge in [-0.15, -0.1) is 0 Å². The van der Waals surface area contributed by atoms with Crippen LogP contribution in [0.2, 0.25) is 10.0 Å². The molecule has 218 valence electrons. The highest BCUT2D eigenvalue weighted by Crippen LogP contribution is 2.47. The number of aromatic nitrogens is 2. The third kappa shape index (κ3) is 6.45. The van der Waals surface area contributed by atoms with Gasteiger partial charge in [0.05, 0.1) is 31.0 Å². The molecule has 2 aromatic carbocycles. The first-order valence-corrected chi connectivity index (χ1v) is 16.3. The summed E-state index contributed by atoms with van der Waals surface area (Å²) >= 11 is 13.0. The quantitative estimate of drug-likeness (QED) is 0.387. The van der Waals surface area contributed by atoms with Gasteiger partial charge in [0.2, 0.25) is 15.9 Å². The zero-order valence-electron chi connectivity index (χ0n) is 22.9. The minimum absolute atomic E-state index is 0.264. The highest BCUT2D eigenvalue weighted by molar-refractivity contribution is 7.88. The van der Waals surface area contributed by atoms with Gasteiger partial charge in [-0.05, 0) is 54.7 Å². The van der Waals surface area contributed by atoms with Crippen LogP contribution in [0.4, 0.5) is 0 Å². The summed E-state index contributed by atoms with van der Waals surface area (Å²) in [6.45, 7) is 2.76. The largest absolute Gasteiger partial charge is 0.354 e. The molecule has 5 rings (SSSR count). The molecule has 1 aromatic heterocycles. The van der Waals surface area contributed by atoms with E-state index in [1.165, 1.54) is 0 Å². The van der Waals surface area contributed by atoms with Crippen molar-refractivity contribution in [3.63, 3.8) is 0 Å². The number of sulfonamides is 1. The van der Waals surface area contributed by atoms with Crippen LogP contribution in [0.3, 0.4) is 0 Å². The lowest BCUT2D eigenvalue weighted by Gasteiger charge is -2.49. The van der Waals surface area contributed by atoms with Crippen molar-refractivity contribution in [2.24, 2.45) is 0 Å². The number of nitrogens with one attached hydrogen (secondary N) is 2. The van der Waals surface area contributed by atoms with Gasteiger partial charge in [0.1, 0.15) is 0 Å². The maximum Gasteiger partial charge on any atom is 0.255 e. The Bertz CT molecular complexity index is 1560. The smallest absolute Gasteiger partial charge is 0.255 e. The standard InChI is InChI=1S/C29H33Cl2N5O4S/c1-18-16-33-35(17-18)14-13-32-28(37)26-20-7-3-4-8-21(20)29(38)36(27(26)22-12-11-19(30)15-23(22)31)25-10-6-5-9-24(25)34-41(2,39)40/h3-4,7-8,11-12,15-17,24-27,34H,5-6,9-10,13-14H2,1-2H3,(H,32,37)/t24-,25-,26+,27-/m0/s1. The average molecular weight is 619 g/mol. The van der Waals surface area contributed by atoms with Gasteiger partial charge in [0.25, 0.3) is 5.91 Å². The minimum atomic E-state index is -3.55. The van der Waals surface area contributed by atoms with E-state index in [1.807, 2.05) is 19.2 Å². The highest BCUT2D eigenvalue weighted by Gasteiger charge is 2.49. The third-order valence-electron chi connectivity index (χ3n) is 7.79. The van der Waals surface area contributed by atoms with E-state index >= 15 is 0 Å². The van der Waals surface area contributed by atoms with E-state index in [2.05, 4.69) is 15.1 Å². The maximum atomic E-state index is 14.3. The highest BCUT2D eigenvalue weighted by atomic mass is 35.5. The van der Waals surface area contributed by atoms with Gasteiger partial charge in [0.15, 0.2) is 0 Å². The predicted molar refractivity (Wildman–Crippen MR) is 159 cm³/mol. The lowest BCUT2D eigenvalue weighted by atomic mass is 9.76. The molecule has 4 atom stereocenters. The van der Waals surface area contributed by atoms with Crippen molar-refractivity contribution in [1.82, 2.24) is 24.7 Å². The number of aryl methyl sites for hydroxylation is 1. The van der Waals surface area contributed by atoms with Gasteiger partial charge in [-0.2, -0.15) is 5.10 Å². The molecule has 1 aliphatic heterocycles. The number of amides is 2. The molecule has 3 aromatic rings. The first-order valence-electron chi connectivity index (χ1n) is 13.6. The molecule has 41 heavy (non-hydrogen) atoms. The Balaban J connectivity index is 1.60. The summed E-state index contributed by atoms with van der Waals surface area (Å²) in [7, 11) is -3.55. The molecule has 2 N–H and O–H groups in total. The molecule has 2 aliphatic rings. The van der Waals surface area contributed by atoms with Crippen molar-refractivity contribution in [2.45, 2.75) is 63.2 Å². The number of halogens is 2. The van der Waals surface area contributed by atoms with Crippen molar-refractivity contribution < 1.29 is 18.0 Å². The fraction of sp³-hybridized carbons (Fsp3) is 0.414. The fourth-order valence-electron chi connectivity index (χ4n) is 6.12. The van der Waals surface area contributed by atoms with E-state index < -0.39 is 34.1 Å². The number of benzene rings is 2. The summed E-state index contributed by atoms with van der Waals surface area (Å²) in [6.07, 6.45) is 7.57. The summed E-state index contributed by atoms with van der Waals surface area (Å²) in [6, 6.07) is 10.4. The van der Waals surface area contributed by atoms with Crippen LogP contribution in [0.25, 0.3) is 0 Å². The van der Waals surface area contributed by atoms with E-state index in [9.17, 15) is 18.0 Å². The van der Waals surface area contributed by atoms with E-state index in [4.69, 9.17) is 23.2 Å². The van der Waals surface area contributed by atoms with Gasteiger partial charge in [-0.1, -0.05) is 60.3 Å². The summed E-state index contributed by atoms with van der Waals surface area (Å²) in [5.74, 6) is -1.33. The molecule has 1 saturated carbocycles. The first kappa shape index (κ1) is 29.6. The van der Waals surface area contributed by atoms with Crippen LogP contribution < -0.4 is 10.0 Å². The fourth-order valence-corrected chi connectivity index (χ4v) is 7.47. The van der Waals surface area contributed by atoms with Crippen LogP contribution in [-0.2, 0) is 21.4 Å². The molecular formula is C29H33Cl2N5O4S. The number of carbonyl (C=O) groups excluding carboxylic acids is 2. The predicted octanol–water partition coefficient (Wildman–Crippen LogP) is 4.46. The Kier molecular flexibility index (Phi) is 8.75. The van der Waals surface area contributed by atoms with Crippen molar-refractivity contribution in [3.8, 4) is 0 Å². The monoisotopic (exact) mass is 617 g/mol. The molecule has 2 amide bonds. The number of rotatable bonds is 8. The first-order chi connectivity index (χ1) is 19.5. The molecule has 0 unspecified atom stereocenters. The van der Waals surface area contributed by atoms with Gasteiger partial charge in [-0.3, -0.25) is 14.3 Å². The van der Waals surface area contributed by atoms with E-state index in [0.29, 0.717) is 52.7 Å². The zero-order chi connectivity index (χ0) is 29.3. The lowest BCUT2D eigenvalue weighted by Crippen LogP contribution is -2.59. The summed E-state index contributed by atoms with van der Waals surface area (Å²) in [5, 5.41) is 8.10. The molecule has 12 heteroatoms. The van der Waals surface area contributed by atoms with Gasteiger partial charge >= 0.3 is 0 Å². The number of nitrogens with zero attached hydrogens (tertiary/aromatic N) is 3. The second-order valence-corrected chi connectivity index (χ2v) is 13.4. The SMILES string of the molecule is Cc1cnn(CCNC(=O)[C@@H]2c3ccccc3C(=O)N([C@H]3CCCC[C@@H]3NS(C)(=O)=O)[C@H]2c2ccc(Cl)cc2Cl)c1. The summed E-state index contributed by atoms with van der Waals surface area (Å²) in [5.41, 5.74) is 2.61. The van der Waals surface area contributed by atoms with Crippen LogP contribution in [0.5, 0.6) is 0 Å².